The molecule has 38 heavy (non-hydrogen) atoms. The van der Waals surface area contributed by atoms with E-state index < -0.39 is 29.8 Å². The fourth-order valence-corrected chi connectivity index (χ4v) is 4.69. The fraction of sp³-hybridized carbons (Fsp3) is 0.593. The molecule has 0 aromatic heterocycles. The number of fused-ring (bicyclic) bond motifs is 1. The van der Waals surface area contributed by atoms with Crippen LogP contribution in [0.1, 0.15) is 50.4 Å². The van der Waals surface area contributed by atoms with Crippen molar-refractivity contribution in [3.8, 4) is 5.75 Å². The third kappa shape index (κ3) is 7.69. The monoisotopic (exact) mass is 529 g/mol. The van der Waals surface area contributed by atoms with Gasteiger partial charge in [-0.2, -0.15) is 0 Å². The van der Waals surface area contributed by atoms with Crippen molar-refractivity contribution in [2.75, 3.05) is 46.4 Å². The lowest BCUT2D eigenvalue weighted by Crippen LogP contribution is -2.54. The molecule has 0 aliphatic carbocycles. The number of rotatable bonds is 3. The molecule has 1 fully saturated rings. The molecular formula is C27H39N5O6. The minimum atomic E-state index is -1.16. The molecule has 208 valence electrons. The van der Waals surface area contributed by atoms with Gasteiger partial charge in [-0.05, 0) is 30.9 Å². The van der Waals surface area contributed by atoms with Gasteiger partial charge in [0.15, 0.2) is 0 Å². The van der Waals surface area contributed by atoms with Crippen molar-refractivity contribution in [2.24, 2.45) is 5.92 Å². The van der Waals surface area contributed by atoms with Gasteiger partial charge in [-0.3, -0.25) is 24.0 Å². The van der Waals surface area contributed by atoms with E-state index in [9.17, 15) is 24.0 Å². The lowest BCUT2D eigenvalue weighted by molar-refractivity contribution is -0.138. The van der Waals surface area contributed by atoms with E-state index in [1.165, 1.54) is 11.8 Å². The molecule has 5 amide bonds. The first-order chi connectivity index (χ1) is 18.1. The lowest BCUT2D eigenvalue weighted by Gasteiger charge is -2.29. The average molecular weight is 530 g/mol. The summed E-state index contributed by atoms with van der Waals surface area (Å²) >= 11 is 0. The number of benzene rings is 1. The van der Waals surface area contributed by atoms with Crippen LogP contribution >= 0.6 is 0 Å². The number of likely N-dealkylation sites (N-methyl/N-ethyl adjacent to an activating group) is 1. The van der Waals surface area contributed by atoms with E-state index in [4.69, 9.17) is 4.74 Å². The van der Waals surface area contributed by atoms with Crippen LogP contribution in [-0.2, 0) is 19.2 Å². The van der Waals surface area contributed by atoms with Crippen LogP contribution in [0.2, 0.25) is 0 Å². The van der Waals surface area contributed by atoms with Crippen molar-refractivity contribution in [2.45, 2.75) is 52.1 Å². The second-order valence-corrected chi connectivity index (χ2v) is 10.3. The van der Waals surface area contributed by atoms with Gasteiger partial charge in [0.1, 0.15) is 24.4 Å². The van der Waals surface area contributed by atoms with Gasteiger partial charge in [-0.1, -0.05) is 26.0 Å². The second kappa shape index (κ2) is 13.3. The van der Waals surface area contributed by atoms with Gasteiger partial charge in [0.2, 0.25) is 23.6 Å². The Hall–Kier alpha value is -3.63. The highest BCUT2D eigenvalue weighted by Gasteiger charge is 2.33. The smallest absolute Gasteiger partial charge is 0.255 e. The van der Waals surface area contributed by atoms with E-state index in [2.05, 4.69) is 10.6 Å². The van der Waals surface area contributed by atoms with Crippen molar-refractivity contribution in [1.29, 1.82) is 0 Å². The van der Waals surface area contributed by atoms with Gasteiger partial charge in [-0.25, -0.2) is 0 Å². The number of carbonyl (C=O) groups excluding carboxylic acids is 5. The van der Waals surface area contributed by atoms with Crippen molar-refractivity contribution in [3.05, 3.63) is 29.8 Å². The molecule has 2 atom stereocenters. The molecule has 0 radical (unpaired) electrons. The van der Waals surface area contributed by atoms with E-state index in [0.717, 1.165) is 0 Å². The Morgan fingerprint density at radius 2 is 1.68 bits per heavy atom. The van der Waals surface area contributed by atoms with Crippen LogP contribution in [0.15, 0.2) is 24.3 Å². The Balaban J connectivity index is 1.90. The highest BCUT2D eigenvalue weighted by atomic mass is 16.5. The van der Waals surface area contributed by atoms with Crippen LogP contribution in [0.4, 0.5) is 0 Å². The normalized spacial score (nSPS) is 22.0. The Bertz CT molecular complexity index is 1040. The maximum atomic E-state index is 13.6. The van der Waals surface area contributed by atoms with Gasteiger partial charge in [-0.15, -0.1) is 0 Å². The zero-order valence-corrected chi connectivity index (χ0v) is 22.7. The van der Waals surface area contributed by atoms with Gasteiger partial charge in [0.05, 0.1) is 18.5 Å². The van der Waals surface area contributed by atoms with Crippen LogP contribution in [-0.4, -0.2) is 103 Å². The van der Waals surface area contributed by atoms with Crippen molar-refractivity contribution < 1.29 is 28.7 Å². The van der Waals surface area contributed by atoms with Crippen molar-refractivity contribution >= 4 is 29.5 Å². The summed E-state index contributed by atoms with van der Waals surface area (Å²) in [5.74, 6) is -1.29. The maximum absolute atomic E-state index is 13.6. The lowest BCUT2D eigenvalue weighted by atomic mass is 10.0. The van der Waals surface area contributed by atoms with E-state index in [-0.39, 0.29) is 42.9 Å². The summed E-state index contributed by atoms with van der Waals surface area (Å²) in [4.78, 5) is 69.8. The molecule has 3 rings (SSSR count). The third-order valence-corrected chi connectivity index (χ3v) is 6.78. The molecule has 2 heterocycles. The third-order valence-electron chi connectivity index (χ3n) is 6.78. The number of nitrogens with one attached hydrogen (secondary N) is 2. The summed E-state index contributed by atoms with van der Waals surface area (Å²) in [5, 5.41) is 5.53. The summed E-state index contributed by atoms with van der Waals surface area (Å²) in [6.07, 6.45) is 0.689. The number of hydrogen-bond donors (Lipinski definition) is 2. The van der Waals surface area contributed by atoms with E-state index in [1.807, 2.05) is 13.8 Å². The number of hydrogen-bond acceptors (Lipinski definition) is 6. The molecule has 2 N–H and O–H groups in total. The maximum Gasteiger partial charge on any atom is 0.255 e. The Morgan fingerprint density at radius 1 is 1.00 bits per heavy atom. The Labute approximate surface area is 223 Å². The van der Waals surface area contributed by atoms with Gasteiger partial charge < -0.3 is 30.1 Å². The zero-order chi connectivity index (χ0) is 27.8. The van der Waals surface area contributed by atoms with E-state index in [1.54, 1.807) is 41.1 Å². The van der Waals surface area contributed by atoms with Crippen molar-refractivity contribution in [1.82, 2.24) is 25.3 Å². The molecule has 11 nitrogen and oxygen atoms in total. The molecule has 0 bridgehead atoms. The molecular weight excluding hydrogens is 490 g/mol. The van der Waals surface area contributed by atoms with Gasteiger partial charge in [0, 0.05) is 40.2 Å². The number of carbonyl (C=O) groups is 5. The number of nitrogens with zero attached hydrogens (tertiary/aromatic N) is 3. The molecule has 1 aromatic rings. The summed E-state index contributed by atoms with van der Waals surface area (Å²) in [5.41, 5.74) is 0.230. The first-order valence-electron chi connectivity index (χ1n) is 13.2. The molecule has 1 aromatic carbocycles. The SMILES string of the molecule is CC(=O)N1CCCN(C(=O)[C@@H]2CC(=O)N[C@H](CC(C)C)C(=O)N(C)CCOc3ccccc3C(=O)N2)CC1. The Kier molecular flexibility index (Phi) is 10.1. The minimum Gasteiger partial charge on any atom is -0.491 e. The highest BCUT2D eigenvalue weighted by molar-refractivity contribution is 6.01. The predicted molar refractivity (Wildman–Crippen MR) is 140 cm³/mol. The van der Waals surface area contributed by atoms with Crippen LogP contribution in [0, 0.1) is 5.92 Å². The largest absolute Gasteiger partial charge is 0.491 e. The zero-order valence-electron chi connectivity index (χ0n) is 22.7. The second-order valence-electron chi connectivity index (χ2n) is 10.3. The summed E-state index contributed by atoms with van der Waals surface area (Å²) in [7, 11) is 1.64. The first kappa shape index (κ1) is 28.9. The summed E-state index contributed by atoms with van der Waals surface area (Å²) < 4.78 is 5.85. The fourth-order valence-electron chi connectivity index (χ4n) is 4.69. The Morgan fingerprint density at radius 3 is 2.39 bits per heavy atom. The molecule has 2 aliphatic rings. The standard InChI is InChI=1S/C27H39N5O6/c1-18(2)16-21-26(36)30(4)14-15-38-23-9-6-5-8-20(23)25(35)29-22(17-24(34)28-21)27(37)32-11-7-10-31(12-13-32)19(3)33/h5-6,8-9,18,21-22H,7,10-17H2,1-4H3,(H,28,34)(H,29,35)/t21-,22+/m1/s1. The molecule has 1 saturated heterocycles. The van der Waals surface area contributed by atoms with Crippen molar-refractivity contribution in [3.63, 3.8) is 0 Å². The van der Waals surface area contributed by atoms with Gasteiger partial charge in [0.25, 0.3) is 5.91 Å². The predicted octanol–water partition coefficient (Wildman–Crippen LogP) is 0.638. The van der Waals surface area contributed by atoms with Crippen LogP contribution in [0.3, 0.4) is 0 Å². The molecule has 2 aliphatic heterocycles. The number of amides is 5. The quantitative estimate of drug-likeness (QED) is 0.591. The van der Waals surface area contributed by atoms with E-state index >= 15 is 0 Å². The van der Waals surface area contributed by atoms with Crippen LogP contribution in [0.5, 0.6) is 5.75 Å². The van der Waals surface area contributed by atoms with Crippen LogP contribution < -0.4 is 15.4 Å². The van der Waals surface area contributed by atoms with E-state index in [0.29, 0.717) is 44.8 Å². The average Bonchev–Trinajstić information content (AvgIpc) is 3.13. The first-order valence-corrected chi connectivity index (χ1v) is 13.2. The minimum absolute atomic E-state index is 0.0626. The topological polar surface area (TPSA) is 128 Å². The summed E-state index contributed by atoms with van der Waals surface area (Å²) in [6.45, 7) is 7.44. The highest BCUT2D eigenvalue weighted by Crippen LogP contribution is 2.19. The molecule has 0 unspecified atom stereocenters. The number of para-hydroxylation sites is 1. The number of ether oxygens (including phenoxy) is 1. The van der Waals surface area contributed by atoms with Gasteiger partial charge >= 0.3 is 0 Å². The summed E-state index contributed by atoms with van der Waals surface area (Å²) in [6, 6.07) is 4.73. The van der Waals surface area contributed by atoms with Crippen LogP contribution in [0.25, 0.3) is 0 Å². The molecule has 0 saturated carbocycles. The molecule has 11 heteroatoms. The molecule has 0 spiro atoms.